The highest BCUT2D eigenvalue weighted by Crippen LogP contribution is 2.35. The fourth-order valence-electron chi connectivity index (χ4n) is 2.55. The van der Waals surface area contributed by atoms with Crippen molar-refractivity contribution in [2.24, 2.45) is 0 Å². The topological polar surface area (TPSA) is 46.8 Å². The van der Waals surface area contributed by atoms with Crippen LogP contribution >= 0.6 is 11.6 Å². The third kappa shape index (κ3) is 3.09. The lowest BCUT2D eigenvalue weighted by Crippen LogP contribution is -2.15. The second kappa shape index (κ2) is 6.07. The fourth-order valence-corrected chi connectivity index (χ4v) is 2.76. The molecule has 3 aromatic rings. The molecule has 0 bridgehead atoms. The van der Waals surface area contributed by atoms with Crippen LogP contribution < -0.4 is 4.74 Å². The molecule has 126 valence electrons. The van der Waals surface area contributed by atoms with E-state index in [-0.39, 0.29) is 5.82 Å². The molecule has 0 fully saturated rings. The Morgan fingerprint density at radius 3 is 2.67 bits per heavy atom. The number of rotatable bonds is 4. The van der Waals surface area contributed by atoms with Crippen molar-refractivity contribution in [3.05, 3.63) is 53.2 Å². The molecule has 0 aliphatic rings. The van der Waals surface area contributed by atoms with Crippen LogP contribution in [-0.4, -0.2) is 21.1 Å². The highest BCUT2D eigenvalue weighted by atomic mass is 35.5. The summed E-state index contributed by atoms with van der Waals surface area (Å²) in [6, 6.07) is 6.11. The van der Waals surface area contributed by atoms with Gasteiger partial charge in [0.15, 0.2) is 0 Å². The third-order valence-corrected chi connectivity index (χ3v) is 3.89. The zero-order valence-electron chi connectivity index (χ0n) is 13.7. The standard InChI is InChI=1S/C18H18ClFN2O2/c1-4-24-15-8-12(20)5-6-13(15)14-7-11(19)9-22-10-16(18(2,3)23)21-17(14)22/h5-10,23H,4H2,1-3H3. The maximum Gasteiger partial charge on any atom is 0.145 e. The van der Waals surface area contributed by atoms with Gasteiger partial charge in [0, 0.05) is 29.6 Å². The molecule has 0 spiro atoms. The van der Waals surface area contributed by atoms with Crippen LogP contribution in [0.3, 0.4) is 0 Å². The Bertz CT molecular complexity index is 900. The number of ether oxygens (including phenoxy) is 1. The lowest BCUT2D eigenvalue weighted by atomic mass is 10.1. The zero-order valence-corrected chi connectivity index (χ0v) is 14.4. The van der Waals surface area contributed by atoms with Gasteiger partial charge in [-0.2, -0.15) is 0 Å². The van der Waals surface area contributed by atoms with Gasteiger partial charge in [0.25, 0.3) is 0 Å². The number of benzene rings is 1. The first kappa shape index (κ1) is 16.7. The molecule has 1 N–H and O–H groups in total. The molecule has 0 saturated carbocycles. The number of aromatic nitrogens is 2. The Hall–Kier alpha value is -2.11. The van der Waals surface area contributed by atoms with Gasteiger partial charge < -0.3 is 14.2 Å². The summed E-state index contributed by atoms with van der Waals surface area (Å²) in [5.74, 6) is 0.0512. The van der Waals surface area contributed by atoms with Crippen molar-refractivity contribution >= 4 is 17.2 Å². The Morgan fingerprint density at radius 2 is 2.00 bits per heavy atom. The predicted octanol–water partition coefficient (Wildman–Crippen LogP) is 4.42. The van der Waals surface area contributed by atoms with E-state index in [2.05, 4.69) is 4.98 Å². The van der Waals surface area contributed by atoms with Crippen molar-refractivity contribution in [3.8, 4) is 16.9 Å². The summed E-state index contributed by atoms with van der Waals surface area (Å²) in [6.45, 7) is 5.58. The van der Waals surface area contributed by atoms with Crippen LogP contribution in [0.5, 0.6) is 5.75 Å². The maximum atomic E-state index is 13.6. The predicted molar refractivity (Wildman–Crippen MR) is 92.0 cm³/mol. The van der Waals surface area contributed by atoms with Gasteiger partial charge in [-0.3, -0.25) is 0 Å². The lowest BCUT2D eigenvalue weighted by Gasteiger charge is -2.13. The molecular formula is C18H18ClFN2O2. The molecule has 3 rings (SSSR count). The molecular weight excluding hydrogens is 331 g/mol. The van der Waals surface area contributed by atoms with Crippen molar-refractivity contribution in [1.82, 2.24) is 9.38 Å². The quantitative estimate of drug-likeness (QED) is 0.759. The van der Waals surface area contributed by atoms with E-state index in [4.69, 9.17) is 16.3 Å². The van der Waals surface area contributed by atoms with Crippen molar-refractivity contribution in [1.29, 1.82) is 0 Å². The molecule has 24 heavy (non-hydrogen) atoms. The third-order valence-electron chi connectivity index (χ3n) is 3.68. The summed E-state index contributed by atoms with van der Waals surface area (Å²) in [6.07, 6.45) is 3.45. The van der Waals surface area contributed by atoms with E-state index in [1.807, 2.05) is 6.92 Å². The van der Waals surface area contributed by atoms with Gasteiger partial charge in [0.1, 0.15) is 22.8 Å². The Kier molecular flexibility index (Phi) is 4.24. The number of hydrogen-bond acceptors (Lipinski definition) is 3. The van der Waals surface area contributed by atoms with E-state index < -0.39 is 5.60 Å². The van der Waals surface area contributed by atoms with Crippen molar-refractivity contribution in [2.45, 2.75) is 26.4 Å². The summed E-state index contributed by atoms with van der Waals surface area (Å²) in [4.78, 5) is 4.53. The molecule has 0 aliphatic heterocycles. The first-order valence-electron chi connectivity index (χ1n) is 7.63. The monoisotopic (exact) mass is 348 g/mol. The summed E-state index contributed by atoms with van der Waals surface area (Å²) in [5.41, 5.74) is 1.46. The average Bonchev–Trinajstić information content (AvgIpc) is 2.91. The number of fused-ring (bicyclic) bond motifs is 1. The molecule has 0 aliphatic carbocycles. The van der Waals surface area contributed by atoms with Crippen LogP contribution in [0, 0.1) is 5.82 Å². The van der Waals surface area contributed by atoms with Crippen molar-refractivity contribution in [3.63, 3.8) is 0 Å². The molecule has 0 saturated heterocycles. The van der Waals surface area contributed by atoms with Crippen LogP contribution in [0.4, 0.5) is 4.39 Å². The van der Waals surface area contributed by atoms with E-state index in [9.17, 15) is 9.50 Å². The Morgan fingerprint density at radius 1 is 1.25 bits per heavy atom. The zero-order chi connectivity index (χ0) is 17.5. The minimum absolute atomic E-state index is 0.374. The number of pyridine rings is 1. The minimum atomic E-state index is -1.08. The summed E-state index contributed by atoms with van der Waals surface area (Å²) in [5, 5.41) is 10.7. The molecule has 0 unspecified atom stereocenters. The van der Waals surface area contributed by atoms with E-state index in [0.717, 1.165) is 0 Å². The molecule has 4 nitrogen and oxygen atoms in total. The van der Waals surface area contributed by atoms with Crippen molar-refractivity contribution in [2.75, 3.05) is 6.61 Å². The molecule has 0 amide bonds. The van der Waals surface area contributed by atoms with Gasteiger partial charge in [-0.15, -0.1) is 0 Å². The minimum Gasteiger partial charge on any atom is -0.493 e. The number of halogens is 2. The first-order valence-corrected chi connectivity index (χ1v) is 8.01. The number of imidazole rings is 1. The highest BCUT2D eigenvalue weighted by Gasteiger charge is 2.22. The molecule has 2 aromatic heterocycles. The maximum absolute atomic E-state index is 13.6. The summed E-state index contributed by atoms with van der Waals surface area (Å²) < 4.78 is 20.9. The van der Waals surface area contributed by atoms with Gasteiger partial charge >= 0.3 is 0 Å². The summed E-state index contributed by atoms with van der Waals surface area (Å²) >= 11 is 6.23. The number of nitrogens with zero attached hydrogens (tertiary/aromatic N) is 2. The van der Waals surface area contributed by atoms with Crippen LogP contribution in [0.25, 0.3) is 16.8 Å². The molecule has 2 heterocycles. The van der Waals surface area contributed by atoms with Crippen LogP contribution in [-0.2, 0) is 5.60 Å². The summed E-state index contributed by atoms with van der Waals surface area (Å²) in [7, 11) is 0. The largest absolute Gasteiger partial charge is 0.493 e. The Balaban J connectivity index is 2.28. The van der Waals surface area contributed by atoms with Gasteiger partial charge in [0.05, 0.1) is 17.3 Å². The lowest BCUT2D eigenvalue weighted by molar-refractivity contribution is 0.0744. The molecule has 0 atom stereocenters. The van der Waals surface area contributed by atoms with Gasteiger partial charge in [-0.25, -0.2) is 9.37 Å². The average molecular weight is 349 g/mol. The number of aliphatic hydroxyl groups is 1. The van der Waals surface area contributed by atoms with Crippen LogP contribution in [0.2, 0.25) is 5.02 Å². The van der Waals surface area contributed by atoms with E-state index in [0.29, 0.717) is 39.8 Å². The smallest absolute Gasteiger partial charge is 0.145 e. The van der Waals surface area contributed by atoms with Crippen LogP contribution in [0.15, 0.2) is 36.7 Å². The van der Waals surface area contributed by atoms with E-state index in [1.54, 1.807) is 42.8 Å². The second-order valence-electron chi connectivity index (χ2n) is 6.06. The Labute approximate surface area is 144 Å². The first-order chi connectivity index (χ1) is 11.3. The van der Waals surface area contributed by atoms with Gasteiger partial charge in [0.2, 0.25) is 0 Å². The molecule has 1 aromatic carbocycles. The van der Waals surface area contributed by atoms with E-state index >= 15 is 0 Å². The van der Waals surface area contributed by atoms with Gasteiger partial charge in [-0.05, 0) is 39.0 Å². The fraction of sp³-hybridized carbons (Fsp3) is 0.278. The van der Waals surface area contributed by atoms with Crippen molar-refractivity contribution < 1.29 is 14.2 Å². The van der Waals surface area contributed by atoms with Gasteiger partial charge in [-0.1, -0.05) is 11.6 Å². The normalized spacial score (nSPS) is 11.9. The second-order valence-corrected chi connectivity index (χ2v) is 6.50. The SMILES string of the molecule is CCOc1cc(F)ccc1-c1cc(Cl)cn2cc(C(C)(C)O)nc12. The molecule has 0 radical (unpaired) electrons. The van der Waals surface area contributed by atoms with E-state index in [1.165, 1.54) is 12.1 Å². The highest BCUT2D eigenvalue weighted by molar-refractivity contribution is 6.31. The number of hydrogen-bond donors (Lipinski definition) is 1. The molecule has 6 heteroatoms. The van der Waals surface area contributed by atoms with Crippen LogP contribution in [0.1, 0.15) is 26.5 Å².